The van der Waals surface area contributed by atoms with E-state index in [-0.39, 0.29) is 103 Å². The van der Waals surface area contributed by atoms with E-state index in [0.29, 0.717) is 63.7 Å². The lowest BCUT2D eigenvalue weighted by Crippen LogP contribution is -2.35. The Morgan fingerprint density at radius 2 is 0.891 bits per heavy atom. The monoisotopic (exact) mass is 2630 g/mol. The fourth-order valence-corrected chi connectivity index (χ4v) is 16.9. The van der Waals surface area contributed by atoms with Gasteiger partial charge in [0.05, 0.1) is 76.5 Å². The van der Waals surface area contributed by atoms with Gasteiger partial charge in [-0.3, -0.25) is 29.1 Å². The summed E-state index contributed by atoms with van der Waals surface area (Å²) in [4.78, 5) is 125. The Balaban J connectivity index is 0.000000258. The van der Waals surface area contributed by atoms with Crippen LogP contribution in [0.2, 0.25) is 20.7 Å². The summed E-state index contributed by atoms with van der Waals surface area (Å²) >= 11 is 52.2. The third-order valence-electron chi connectivity index (χ3n) is 19.9. The summed E-state index contributed by atoms with van der Waals surface area (Å²) in [6.07, 6.45) is 2.81. The highest BCUT2D eigenvalue weighted by Gasteiger charge is 2.37. The number of cyclic esters (lactones) is 2. The fourth-order valence-electron chi connectivity index (χ4n) is 12.3. The standard InChI is InChI=1S/C20H21BrN6O3.C15H18BrClN2OS.C14H14BrClN2OS.C11H11BrN2O.C10H5BrClNO.C9H11ClN4O2.C8H8BrNO.C6H6BrN.C4H11NOS.C2H3ClO.ClH/c1-4-14-9-30-20(29)27(14)19-24-11(3)23-18(26-19)22-10(2)15-8-12-7-13(21)5-6-16(12)25-17(15)28;1-9(19-21(20)15(2,3)4)12-8-10-7-11(16)5-6-13(10)18-14(12)17;1-14(2,3)20(19)17-8-10-6-9-7-11(15)4-5-12(9)18-13(10)16;1-6(13)9-5-7-4-8(12)2-3-10(7)14-11(9)15;11-8-1-2-9-6(4-8)3-7(5-14)10(12)13-9;1-3-6-4-16-9(15)14(6)8-12-5(2)11-7(10)13-8;1-6(11)10-8-4-2-7(9)3-5-8;7-5-1-3-6(8)4-2-5;1-4(2,3)7(5)6;1-2(3)4;/h5-8,10,14H,4,9H2,1-3H3,(H,25,28)(H,22,23,24,26);5-9,19H,1-4H3;4-8H,1-3H3;2-6H,13H2,1H3,(H,14,15);1-5H;6H,3-4H2,1-2H3;2-5H,1H3,(H,10,11);1-4H,8H2;5H2,1-3H3;1H3;1H/t10-,14-;;;;;6-;;;7-;;/m0....0..0../s1. The van der Waals surface area contributed by atoms with Gasteiger partial charge in [-0.05, 0) is 314 Å². The van der Waals surface area contributed by atoms with Crippen molar-refractivity contribution in [1.29, 1.82) is 0 Å². The number of nitrogens with one attached hydrogen (secondary N) is 5. The molecule has 3 amide bonds. The number of nitrogens with zero attached hydrogens (tertiary/aromatic N) is 12. The first-order valence-electron chi connectivity index (χ1n) is 44.3. The minimum absolute atomic E-state index is 0. The molecule has 9 heterocycles. The van der Waals surface area contributed by atoms with Gasteiger partial charge in [-0.15, -0.1) is 12.4 Å². The predicted octanol–water partition coefficient (Wildman–Crippen LogP) is 26.4. The molecule has 11 N–H and O–H groups in total. The van der Waals surface area contributed by atoms with Crippen LogP contribution < -0.4 is 52.9 Å². The molecule has 7 aromatic heterocycles. The lowest BCUT2D eigenvalue weighted by molar-refractivity contribution is -0.114. The van der Waals surface area contributed by atoms with Crippen molar-refractivity contribution in [2.45, 2.75) is 182 Å². The number of aryl methyl sites for hydroxylation is 2. The van der Waals surface area contributed by atoms with Crippen LogP contribution in [-0.2, 0) is 52.0 Å². The van der Waals surface area contributed by atoms with Crippen LogP contribution in [0.15, 0.2) is 215 Å². The van der Waals surface area contributed by atoms with E-state index in [0.717, 1.165) is 116 Å². The number of H-pyrrole nitrogens is 2. The summed E-state index contributed by atoms with van der Waals surface area (Å²) in [6, 6.07) is 51.9. The fraction of sp³-hybridized carbons (Fsp3) is 0.303. The molecule has 7 aromatic carbocycles. The van der Waals surface area contributed by atoms with E-state index in [1.165, 1.54) is 29.9 Å². The average Bonchev–Trinajstić information content (AvgIpc) is 1.72. The van der Waals surface area contributed by atoms with Gasteiger partial charge in [-0.2, -0.15) is 29.3 Å². The smallest absolute Gasteiger partial charge is 0.417 e. The number of ether oxygens (including phenoxy) is 2. The molecule has 32 nitrogen and oxygen atoms in total. The number of aromatic nitrogens is 11. The first kappa shape index (κ1) is 127. The van der Waals surface area contributed by atoms with Crippen molar-refractivity contribution in [1.82, 2.24) is 59.5 Å². The Kier molecular flexibility index (Phi) is 51.2. The first-order valence-corrected chi connectivity index (χ1v) is 55.2. The highest BCUT2D eigenvalue weighted by atomic mass is 79.9. The van der Waals surface area contributed by atoms with Gasteiger partial charge in [0.15, 0.2) is 6.29 Å². The molecular weight excluding hydrogens is 2530 g/mol. The molecule has 147 heavy (non-hydrogen) atoms. The topological polar surface area (TPSA) is 470 Å². The maximum atomic E-state index is 12.6. The number of hydrogen-bond donors (Lipinski definition) is 8. The van der Waals surface area contributed by atoms with Crippen molar-refractivity contribution in [3.8, 4) is 0 Å². The number of anilines is 5. The van der Waals surface area contributed by atoms with Crippen molar-refractivity contribution in [3.05, 3.63) is 282 Å². The van der Waals surface area contributed by atoms with E-state index in [1.807, 2.05) is 254 Å². The number of amides is 3. The molecule has 2 aliphatic rings. The molecular formula is C99H109Br7Cl6N20O12S3. The number of halogens is 13. The largest absolute Gasteiger partial charge is 0.447 e. The SMILES string of the molecule is CC(=O)Cl.CC(=O)Nc1ccc(Br)cc1.CC(C)(C)S(=O)N=Cc1cc2cc(Br)ccc2nc1Cl.CC(C)(C)[S@@](N)=O.CC(N)c1cc2cc(Br)ccc2[nH]c1=O.CC(NS(=O)C(C)(C)C)c1cc2cc(Br)ccc2nc1Cl.CC[C@H]1COC(=O)N1c1nc(C)nc(Cl)n1.CC[C@H]1COC(=O)N1c1nc(C)nc(N[C@@H](C)c2cc3cc(Br)ccc3[nH]c2=O)n1.Cl.Nc1ccc(Br)cc1.O=Cc1cc2cc(Br)ccc2nc1Cl. The number of rotatable bonds is 15. The Morgan fingerprint density at radius 1 is 0.510 bits per heavy atom. The summed E-state index contributed by atoms with van der Waals surface area (Å²) < 4.78 is 57.6. The van der Waals surface area contributed by atoms with Crippen LogP contribution in [0.5, 0.6) is 0 Å². The molecule has 48 heteroatoms. The van der Waals surface area contributed by atoms with E-state index in [4.69, 9.17) is 72.5 Å². The number of carbonyl (C=O) groups excluding carboxylic acids is 5. The molecule has 0 spiro atoms. The lowest BCUT2D eigenvalue weighted by atomic mass is 10.1. The first-order chi connectivity index (χ1) is 68.3. The molecule has 0 radical (unpaired) electrons. The number of nitrogen functional groups attached to an aromatic ring is 1. The van der Waals surface area contributed by atoms with Crippen molar-refractivity contribution in [3.63, 3.8) is 0 Å². The van der Waals surface area contributed by atoms with Gasteiger partial charge < -0.3 is 41.5 Å². The molecule has 0 aliphatic carbocycles. The maximum absolute atomic E-state index is 12.6. The molecule has 2 saturated heterocycles. The van der Waals surface area contributed by atoms with Crippen molar-refractivity contribution in [2.24, 2.45) is 15.3 Å². The second kappa shape index (κ2) is 59.3. The van der Waals surface area contributed by atoms with Crippen LogP contribution in [-0.4, -0.2) is 143 Å². The highest BCUT2D eigenvalue weighted by Crippen LogP contribution is 2.33. The number of aldehydes is 1. The van der Waals surface area contributed by atoms with E-state index >= 15 is 0 Å². The van der Waals surface area contributed by atoms with E-state index < -0.39 is 49.9 Å². The number of benzene rings is 7. The number of pyridine rings is 5. The molecule has 16 rings (SSSR count). The Morgan fingerprint density at radius 3 is 1.30 bits per heavy atom. The zero-order valence-electron chi connectivity index (χ0n) is 82.7. The van der Waals surface area contributed by atoms with Crippen LogP contribution >= 0.6 is 182 Å². The zero-order valence-corrected chi connectivity index (χ0v) is 101. The van der Waals surface area contributed by atoms with Gasteiger partial charge in [0.2, 0.25) is 34.3 Å². The van der Waals surface area contributed by atoms with Crippen LogP contribution in [0.3, 0.4) is 0 Å². The second-order valence-corrected chi connectivity index (χ2v) is 49.0. The summed E-state index contributed by atoms with van der Waals surface area (Å²) in [5.74, 6) is 1.67. The number of aromatic amines is 2. The highest BCUT2D eigenvalue weighted by molar-refractivity contribution is 9.11. The summed E-state index contributed by atoms with van der Waals surface area (Å²) in [7, 11) is -3.65. The average molecular weight is 2640 g/mol. The van der Waals surface area contributed by atoms with Gasteiger partial charge in [0.25, 0.3) is 11.1 Å². The van der Waals surface area contributed by atoms with Gasteiger partial charge in [-0.1, -0.05) is 160 Å². The minimum Gasteiger partial charge on any atom is -0.447 e. The number of fused-ring (bicyclic) bond motifs is 5. The van der Waals surface area contributed by atoms with Crippen molar-refractivity contribution in [2.75, 3.05) is 39.4 Å². The molecule has 2 fully saturated rings. The quantitative estimate of drug-likeness (QED) is 0.0155. The van der Waals surface area contributed by atoms with Crippen LogP contribution in [0.1, 0.15) is 186 Å². The summed E-state index contributed by atoms with van der Waals surface area (Å²) in [5, 5.41) is 16.4. The summed E-state index contributed by atoms with van der Waals surface area (Å²) in [5.41, 5.74) is 19.5. The second-order valence-electron chi connectivity index (χ2n) is 34.9. The normalized spacial score (nSPS) is 14.3. The molecule has 8 atom stereocenters. The minimum atomic E-state index is -1.31. The van der Waals surface area contributed by atoms with Crippen LogP contribution in [0.4, 0.5) is 38.8 Å². The third kappa shape index (κ3) is 41.1. The number of nitrogens with two attached hydrogens (primary N) is 3. The maximum Gasteiger partial charge on any atom is 0.417 e. The Labute approximate surface area is 949 Å². The number of hydrogen-bond acceptors (Lipinski definition) is 24. The molecule has 14 aromatic rings. The summed E-state index contributed by atoms with van der Waals surface area (Å²) in [6.45, 7) is 33.3. The van der Waals surface area contributed by atoms with Crippen molar-refractivity contribution >= 4 is 334 Å². The third-order valence-corrected chi connectivity index (χ3v) is 28.7. The van der Waals surface area contributed by atoms with Crippen LogP contribution in [0, 0.1) is 13.8 Å². The van der Waals surface area contributed by atoms with Gasteiger partial charge in [0.1, 0.15) is 51.3 Å². The molecule has 0 bridgehead atoms. The Bertz CT molecular complexity index is 7190. The van der Waals surface area contributed by atoms with E-state index in [2.05, 4.69) is 198 Å². The van der Waals surface area contributed by atoms with Crippen LogP contribution in [0.25, 0.3) is 54.5 Å². The van der Waals surface area contributed by atoms with Gasteiger partial charge in [0, 0.05) is 124 Å². The zero-order chi connectivity index (χ0) is 109. The molecule has 0 saturated carbocycles. The van der Waals surface area contributed by atoms with E-state index in [1.54, 1.807) is 26.8 Å². The van der Waals surface area contributed by atoms with Gasteiger partial charge >= 0.3 is 12.2 Å². The van der Waals surface area contributed by atoms with E-state index in [9.17, 15) is 46.2 Å². The van der Waals surface area contributed by atoms with Crippen molar-refractivity contribution < 1.29 is 46.1 Å². The molecule has 786 valence electrons. The lowest BCUT2D eigenvalue weighted by Gasteiger charge is -2.22. The molecule has 4 unspecified atom stereocenters. The predicted molar refractivity (Wildman–Crippen MR) is 626 cm³/mol. The van der Waals surface area contributed by atoms with Gasteiger partial charge in [-0.25, -0.2) is 56.7 Å². The number of carbonyl (C=O) groups is 5. The Hall–Kier alpha value is -8.74. The molecule has 2 aliphatic heterocycles.